The summed E-state index contributed by atoms with van der Waals surface area (Å²) in [5.74, 6) is 0.803. The first-order valence-electron chi connectivity index (χ1n) is 8.66. The molecular weight excluding hydrogens is 384 g/mol. The molecule has 2 aliphatic rings. The maximum absolute atomic E-state index is 12.5. The minimum atomic E-state index is -0.167. The van der Waals surface area contributed by atoms with E-state index in [4.69, 9.17) is 9.15 Å². The average Bonchev–Trinajstić information content (AvgIpc) is 3.31. The number of carbonyl (C=O) groups is 1. The Morgan fingerprint density at radius 3 is 2.96 bits per heavy atom. The van der Waals surface area contributed by atoms with Crippen molar-refractivity contribution in [2.75, 3.05) is 25.0 Å². The lowest BCUT2D eigenvalue weighted by molar-refractivity contribution is -0.117. The van der Waals surface area contributed by atoms with E-state index in [1.54, 1.807) is 6.26 Å². The quantitative estimate of drug-likeness (QED) is 0.795. The molecule has 1 amide bonds. The van der Waals surface area contributed by atoms with Crippen LogP contribution in [0.4, 0.5) is 5.69 Å². The second-order valence-corrected chi connectivity index (χ2v) is 7.60. The Labute approximate surface area is 155 Å². The molecule has 1 aromatic heterocycles. The van der Waals surface area contributed by atoms with Gasteiger partial charge in [-0.25, -0.2) is 0 Å². The molecular formula is C19H21BrN2O3. The van der Waals surface area contributed by atoms with Gasteiger partial charge in [0.2, 0.25) is 5.91 Å². The summed E-state index contributed by atoms with van der Waals surface area (Å²) in [5.41, 5.74) is 1.96. The van der Waals surface area contributed by atoms with E-state index in [0.717, 1.165) is 47.5 Å². The van der Waals surface area contributed by atoms with Gasteiger partial charge in [0, 0.05) is 29.9 Å². The zero-order valence-electron chi connectivity index (χ0n) is 13.9. The summed E-state index contributed by atoms with van der Waals surface area (Å²) < 4.78 is 12.3. The number of anilines is 1. The van der Waals surface area contributed by atoms with Crippen LogP contribution in [-0.2, 0) is 16.1 Å². The number of halogens is 1. The van der Waals surface area contributed by atoms with Crippen LogP contribution in [0.5, 0.6) is 0 Å². The SMILES string of the molecule is O=C1Nc2cc(Br)ccc2[C@@H]1CN(Cc1ccco1)C[C@H]1CCCO1. The summed E-state index contributed by atoms with van der Waals surface area (Å²) in [7, 11) is 0. The van der Waals surface area contributed by atoms with Gasteiger partial charge in [-0.2, -0.15) is 0 Å². The normalized spacial score (nSPS) is 22.4. The number of ether oxygens (including phenoxy) is 1. The van der Waals surface area contributed by atoms with E-state index in [2.05, 4.69) is 26.1 Å². The number of hydrogen-bond acceptors (Lipinski definition) is 4. The lowest BCUT2D eigenvalue weighted by Crippen LogP contribution is -2.36. The van der Waals surface area contributed by atoms with E-state index in [1.807, 2.05) is 30.3 Å². The van der Waals surface area contributed by atoms with Gasteiger partial charge in [0.15, 0.2) is 0 Å². The zero-order chi connectivity index (χ0) is 17.2. The third-order valence-electron chi connectivity index (χ3n) is 4.85. The number of furan rings is 1. The van der Waals surface area contributed by atoms with Crippen LogP contribution in [0.1, 0.15) is 30.1 Å². The van der Waals surface area contributed by atoms with Gasteiger partial charge in [-0.3, -0.25) is 9.69 Å². The maximum Gasteiger partial charge on any atom is 0.233 e. The van der Waals surface area contributed by atoms with Crippen LogP contribution in [0.3, 0.4) is 0 Å². The van der Waals surface area contributed by atoms with Crippen molar-refractivity contribution in [1.29, 1.82) is 0 Å². The molecule has 2 atom stereocenters. The number of rotatable bonds is 6. The molecule has 1 fully saturated rings. The number of carbonyl (C=O) groups excluding carboxylic acids is 1. The highest BCUT2D eigenvalue weighted by molar-refractivity contribution is 9.10. The molecule has 1 N–H and O–H groups in total. The summed E-state index contributed by atoms with van der Waals surface area (Å²) >= 11 is 3.46. The van der Waals surface area contributed by atoms with Gasteiger partial charge in [-0.15, -0.1) is 0 Å². The first kappa shape index (κ1) is 16.8. The van der Waals surface area contributed by atoms with Crippen molar-refractivity contribution in [3.05, 3.63) is 52.4 Å². The Bertz CT molecular complexity index is 741. The Hall–Kier alpha value is -1.63. The van der Waals surface area contributed by atoms with E-state index < -0.39 is 0 Å². The largest absolute Gasteiger partial charge is 0.468 e. The number of nitrogens with zero attached hydrogens (tertiary/aromatic N) is 1. The number of amides is 1. The minimum absolute atomic E-state index is 0.0601. The first-order chi connectivity index (χ1) is 12.2. The number of hydrogen-bond donors (Lipinski definition) is 1. The molecule has 0 spiro atoms. The molecule has 2 aromatic rings. The fraction of sp³-hybridized carbons (Fsp3) is 0.421. The predicted molar refractivity (Wildman–Crippen MR) is 98.5 cm³/mol. The van der Waals surface area contributed by atoms with Crippen LogP contribution < -0.4 is 5.32 Å². The zero-order valence-corrected chi connectivity index (χ0v) is 15.5. The highest BCUT2D eigenvalue weighted by Crippen LogP contribution is 2.35. The van der Waals surface area contributed by atoms with Gasteiger partial charge in [0.05, 0.1) is 24.8 Å². The molecule has 132 valence electrons. The topological polar surface area (TPSA) is 54.7 Å². The highest BCUT2D eigenvalue weighted by atomic mass is 79.9. The Morgan fingerprint density at radius 1 is 1.28 bits per heavy atom. The standard InChI is InChI=1S/C19H21BrN2O3/c20-13-5-6-16-17(19(23)21-18(16)9-13)12-22(10-14-3-1-7-24-14)11-15-4-2-8-25-15/h1,3,5-7,9,15,17H,2,4,8,10-12H2,(H,21,23)/t15-,17+/m1/s1. The van der Waals surface area contributed by atoms with Gasteiger partial charge >= 0.3 is 0 Å². The monoisotopic (exact) mass is 404 g/mol. The summed E-state index contributed by atoms with van der Waals surface area (Å²) in [6.45, 7) is 2.99. The van der Waals surface area contributed by atoms with Crippen molar-refractivity contribution in [1.82, 2.24) is 4.90 Å². The lowest BCUT2D eigenvalue weighted by Gasteiger charge is -2.26. The van der Waals surface area contributed by atoms with Crippen LogP contribution in [0.25, 0.3) is 0 Å². The summed E-state index contributed by atoms with van der Waals surface area (Å²) in [6.07, 6.45) is 4.12. The highest BCUT2D eigenvalue weighted by Gasteiger charge is 2.33. The fourth-order valence-corrected chi connectivity index (χ4v) is 4.01. The molecule has 4 rings (SSSR count). The average molecular weight is 405 g/mol. The second kappa shape index (κ2) is 7.32. The third kappa shape index (κ3) is 3.81. The van der Waals surface area contributed by atoms with Crippen LogP contribution in [-0.4, -0.2) is 36.6 Å². The molecule has 1 aromatic carbocycles. The molecule has 0 unspecified atom stereocenters. The first-order valence-corrected chi connectivity index (χ1v) is 9.45. The maximum atomic E-state index is 12.5. The second-order valence-electron chi connectivity index (χ2n) is 6.68. The molecule has 3 heterocycles. The van der Waals surface area contributed by atoms with Gasteiger partial charge in [0.1, 0.15) is 5.76 Å². The molecule has 5 nitrogen and oxygen atoms in total. The predicted octanol–water partition coefficient (Wildman–Crippen LogP) is 3.76. The molecule has 1 saturated heterocycles. The van der Waals surface area contributed by atoms with E-state index in [9.17, 15) is 4.79 Å². The molecule has 0 aliphatic carbocycles. The van der Waals surface area contributed by atoms with Crippen molar-refractivity contribution in [3.8, 4) is 0 Å². The molecule has 2 aliphatic heterocycles. The fourth-order valence-electron chi connectivity index (χ4n) is 3.64. The van der Waals surface area contributed by atoms with Gasteiger partial charge in [0.25, 0.3) is 0 Å². The summed E-state index contributed by atoms with van der Waals surface area (Å²) in [5, 5.41) is 3.00. The Kier molecular flexibility index (Phi) is 4.92. The van der Waals surface area contributed by atoms with Gasteiger partial charge in [-0.05, 0) is 42.7 Å². The Balaban J connectivity index is 1.52. The molecule has 0 saturated carbocycles. The number of fused-ring (bicyclic) bond motifs is 1. The van der Waals surface area contributed by atoms with Crippen molar-refractivity contribution in [3.63, 3.8) is 0 Å². The Morgan fingerprint density at radius 2 is 2.20 bits per heavy atom. The number of benzene rings is 1. The summed E-state index contributed by atoms with van der Waals surface area (Å²) in [4.78, 5) is 14.8. The van der Waals surface area contributed by atoms with Crippen molar-refractivity contribution >= 4 is 27.5 Å². The number of nitrogens with one attached hydrogen (secondary N) is 1. The van der Waals surface area contributed by atoms with Crippen molar-refractivity contribution < 1.29 is 13.9 Å². The van der Waals surface area contributed by atoms with Crippen LogP contribution in [0.2, 0.25) is 0 Å². The van der Waals surface area contributed by atoms with Crippen molar-refractivity contribution in [2.45, 2.75) is 31.4 Å². The molecule has 0 radical (unpaired) electrons. The van der Waals surface area contributed by atoms with Crippen LogP contribution >= 0.6 is 15.9 Å². The van der Waals surface area contributed by atoms with Gasteiger partial charge in [-0.1, -0.05) is 22.0 Å². The van der Waals surface area contributed by atoms with Crippen LogP contribution in [0.15, 0.2) is 45.5 Å². The lowest BCUT2D eigenvalue weighted by atomic mass is 10.00. The summed E-state index contributed by atoms with van der Waals surface area (Å²) in [6, 6.07) is 9.85. The molecule has 6 heteroatoms. The third-order valence-corrected chi connectivity index (χ3v) is 5.34. The van der Waals surface area contributed by atoms with Gasteiger partial charge < -0.3 is 14.5 Å². The minimum Gasteiger partial charge on any atom is -0.468 e. The van der Waals surface area contributed by atoms with E-state index in [1.165, 1.54) is 0 Å². The van der Waals surface area contributed by atoms with E-state index in [-0.39, 0.29) is 17.9 Å². The molecule has 25 heavy (non-hydrogen) atoms. The smallest absolute Gasteiger partial charge is 0.233 e. The van der Waals surface area contributed by atoms with Crippen molar-refractivity contribution in [2.24, 2.45) is 0 Å². The van der Waals surface area contributed by atoms with E-state index >= 15 is 0 Å². The van der Waals surface area contributed by atoms with Crippen LogP contribution in [0, 0.1) is 0 Å². The van der Waals surface area contributed by atoms with E-state index in [0.29, 0.717) is 13.1 Å². The molecule has 0 bridgehead atoms.